The standard InChI is InChI=1S/C21H40O3/c1-3-4-5-6-7-8-9-10-11-12-13-14-15-16-17-23-21-20(24-21)18-19(2)22/h20-22H,2-18H2,1H3. The first-order chi connectivity index (χ1) is 11.7. The Kier molecular flexibility index (Phi) is 13.2. The SMILES string of the molecule is C=C(O)CC1OC1OCCCCCCCCCCCCCCCC. The molecule has 0 bridgehead atoms. The molecule has 1 rings (SSSR count). The fourth-order valence-corrected chi connectivity index (χ4v) is 3.15. The lowest BCUT2D eigenvalue weighted by atomic mass is 10.0. The first-order valence-corrected chi connectivity index (χ1v) is 10.4. The van der Waals surface area contributed by atoms with Gasteiger partial charge in [-0.2, -0.15) is 0 Å². The molecule has 3 heteroatoms. The number of aliphatic hydroxyl groups is 1. The predicted molar refractivity (Wildman–Crippen MR) is 101 cm³/mol. The lowest BCUT2D eigenvalue weighted by Crippen LogP contribution is -2.02. The molecule has 1 N–H and O–H groups in total. The normalized spacial score (nSPS) is 19.5. The summed E-state index contributed by atoms with van der Waals surface area (Å²) < 4.78 is 10.9. The molecule has 2 atom stereocenters. The summed E-state index contributed by atoms with van der Waals surface area (Å²) in [5, 5.41) is 9.05. The average Bonchev–Trinajstić information content (AvgIpc) is 3.28. The van der Waals surface area contributed by atoms with E-state index in [0.29, 0.717) is 6.42 Å². The van der Waals surface area contributed by atoms with Crippen molar-refractivity contribution in [2.45, 2.75) is 116 Å². The van der Waals surface area contributed by atoms with Crippen molar-refractivity contribution >= 4 is 0 Å². The van der Waals surface area contributed by atoms with Crippen molar-refractivity contribution in [3.63, 3.8) is 0 Å². The van der Waals surface area contributed by atoms with E-state index in [-0.39, 0.29) is 18.2 Å². The summed E-state index contributed by atoms with van der Waals surface area (Å²) in [5.41, 5.74) is 0. The third kappa shape index (κ3) is 12.8. The molecule has 1 aliphatic rings. The van der Waals surface area contributed by atoms with Crippen LogP contribution in [0.5, 0.6) is 0 Å². The van der Waals surface area contributed by atoms with Crippen LogP contribution in [0, 0.1) is 0 Å². The summed E-state index contributed by atoms with van der Waals surface area (Å²) >= 11 is 0. The van der Waals surface area contributed by atoms with Crippen LogP contribution in [0.4, 0.5) is 0 Å². The fraction of sp³-hybridized carbons (Fsp3) is 0.905. The highest BCUT2D eigenvalue weighted by Crippen LogP contribution is 2.28. The molecule has 0 aliphatic carbocycles. The van der Waals surface area contributed by atoms with Crippen molar-refractivity contribution in [1.82, 2.24) is 0 Å². The smallest absolute Gasteiger partial charge is 0.184 e. The predicted octanol–water partition coefficient (Wildman–Crippen LogP) is 6.67. The third-order valence-electron chi connectivity index (χ3n) is 4.75. The lowest BCUT2D eigenvalue weighted by molar-refractivity contribution is 0.0478. The highest BCUT2D eigenvalue weighted by molar-refractivity contribution is 4.90. The van der Waals surface area contributed by atoms with E-state index in [1.807, 2.05) is 0 Å². The zero-order valence-electron chi connectivity index (χ0n) is 15.9. The van der Waals surface area contributed by atoms with Gasteiger partial charge in [-0.1, -0.05) is 97.0 Å². The second-order valence-corrected chi connectivity index (χ2v) is 7.28. The molecule has 3 nitrogen and oxygen atoms in total. The van der Waals surface area contributed by atoms with Crippen LogP contribution in [-0.2, 0) is 9.47 Å². The second kappa shape index (κ2) is 14.8. The molecule has 0 amide bonds. The van der Waals surface area contributed by atoms with Gasteiger partial charge in [0, 0.05) is 13.0 Å². The van der Waals surface area contributed by atoms with E-state index < -0.39 is 0 Å². The van der Waals surface area contributed by atoms with Crippen molar-refractivity contribution in [1.29, 1.82) is 0 Å². The van der Waals surface area contributed by atoms with Gasteiger partial charge >= 0.3 is 0 Å². The van der Waals surface area contributed by atoms with E-state index in [1.165, 1.54) is 83.5 Å². The van der Waals surface area contributed by atoms with Crippen LogP contribution in [0.15, 0.2) is 12.3 Å². The van der Waals surface area contributed by atoms with Gasteiger partial charge in [-0.05, 0) is 6.42 Å². The van der Waals surface area contributed by atoms with Crippen molar-refractivity contribution in [2.24, 2.45) is 0 Å². The molecule has 1 heterocycles. The summed E-state index contributed by atoms with van der Waals surface area (Å²) in [7, 11) is 0. The van der Waals surface area contributed by atoms with E-state index in [1.54, 1.807) is 0 Å². The zero-order valence-corrected chi connectivity index (χ0v) is 15.9. The van der Waals surface area contributed by atoms with Gasteiger partial charge in [0.1, 0.15) is 6.10 Å². The molecule has 142 valence electrons. The summed E-state index contributed by atoms with van der Waals surface area (Å²) in [4.78, 5) is 0. The van der Waals surface area contributed by atoms with Gasteiger partial charge in [0.05, 0.1) is 5.76 Å². The minimum absolute atomic E-state index is 0.0362. The molecule has 0 aromatic rings. The molecular weight excluding hydrogens is 300 g/mol. The Bertz CT molecular complexity index is 303. The summed E-state index contributed by atoms with van der Waals surface area (Å²) in [6, 6.07) is 0. The average molecular weight is 341 g/mol. The van der Waals surface area contributed by atoms with Gasteiger partial charge in [0.25, 0.3) is 0 Å². The second-order valence-electron chi connectivity index (χ2n) is 7.28. The molecule has 1 saturated heterocycles. The minimum Gasteiger partial charge on any atom is -0.513 e. The van der Waals surface area contributed by atoms with E-state index in [0.717, 1.165) is 13.0 Å². The minimum atomic E-state index is -0.101. The quantitative estimate of drug-likeness (QED) is 0.172. The summed E-state index contributed by atoms with van der Waals surface area (Å²) in [6.45, 7) is 6.52. The number of epoxide rings is 1. The monoisotopic (exact) mass is 340 g/mol. The van der Waals surface area contributed by atoms with Crippen LogP contribution in [0.3, 0.4) is 0 Å². The molecule has 0 saturated carbocycles. The molecule has 24 heavy (non-hydrogen) atoms. The van der Waals surface area contributed by atoms with Crippen LogP contribution in [0.25, 0.3) is 0 Å². The Hall–Kier alpha value is -0.540. The number of ether oxygens (including phenoxy) is 2. The summed E-state index contributed by atoms with van der Waals surface area (Å²) in [5.74, 6) is 0.183. The number of unbranched alkanes of at least 4 members (excludes halogenated alkanes) is 13. The molecule has 1 fully saturated rings. The van der Waals surface area contributed by atoms with Crippen molar-refractivity contribution < 1.29 is 14.6 Å². The van der Waals surface area contributed by atoms with Gasteiger partial charge in [0.2, 0.25) is 0 Å². The van der Waals surface area contributed by atoms with E-state index in [4.69, 9.17) is 14.6 Å². The van der Waals surface area contributed by atoms with Gasteiger partial charge in [0.15, 0.2) is 6.29 Å². The topological polar surface area (TPSA) is 42.0 Å². The molecule has 0 aromatic heterocycles. The number of aliphatic hydroxyl groups excluding tert-OH is 1. The lowest BCUT2D eigenvalue weighted by Gasteiger charge is -2.03. The van der Waals surface area contributed by atoms with E-state index in [2.05, 4.69) is 13.5 Å². The molecular formula is C21H40O3. The molecule has 0 radical (unpaired) electrons. The Morgan fingerprint density at radius 2 is 1.29 bits per heavy atom. The maximum Gasteiger partial charge on any atom is 0.184 e. The Balaban J connectivity index is 1.68. The molecule has 0 spiro atoms. The maximum absolute atomic E-state index is 9.05. The van der Waals surface area contributed by atoms with E-state index in [9.17, 15) is 0 Å². The third-order valence-corrected chi connectivity index (χ3v) is 4.75. The zero-order chi connectivity index (χ0) is 17.5. The van der Waals surface area contributed by atoms with Crippen molar-refractivity contribution in [3.8, 4) is 0 Å². The van der Waals surface area contributed by atoms with Crippen molar-refractivity contribution in [3.05, 3.63) is 12.3 Å². The summed E-state index contributed by atoms with van der Waals surface area (Å²) in [6.07, 6.45) is 19.7. The van der Waals surface area contributed by atoms with Crippen LogP contribution in [0.1, 0.15) is 103 Å². The number of hydrogen-bond donors (Lipinski definition) is 1. The number of rotatable bonds is 18. The highest BCUT2D eigenvalue weighted by atomic mass is 16.8. The Morgan fingerprint density at radius 1 is 0.833 bits per heavy atom. The van der Waals surface area contributed by atoms with E-state index >= 15 is 0 Å². The van der Waals surface area contributed by atoms with Crippen LogP contribution in [-0.4, -0.2) is 24.1 Å². The fourth-order valence-electron chi connectivity index (χ4n) is 3.15. The van der Waals surface area contributed by atoms with Crippen molar-refractivity contribution in [2.75, 3.05) is 6.61 Å². The van der Waals surface area contributed by atoms with Crippen LogP contribution in [0.2, 0.25) is 0 Å². The Labute approximate surface area is 149 Å². The van der Waals surface area contributed by atoms with Gasteiger partial charge in [-0.25, -0.2) is 0 Å². The molecule has 2 unspecified atom stereocenters. The Morgan fingerprint density at radius 3 is 1.75 bits per heavy atom. The first-order valence-electron chi connectivity index (χ1n) is 10.4. The molecule has 1 aliphatic heterocycles. The van der Waals surface area contributed by atoms with Crippen LogP contribution < -0.4 is 0 Å². The largest absolute Gasteiger partial charge is 0.513 e. The molecule has 0 aromatic carbocycles. The number of hydrogen-bond acceptors (Lipinski definition) is 3. The van der Waals surface area contributed by atoms with Gasteiger partial charge in [-0.15, -0.1) is 0 Å². The van der Waals surface area contributed by atoms with Crippen LogP contribution >= 0.6 is 0 Å². The maximum atomic E-state index is 9.05. The highest BCUT2D eigenvalue weighted by Gasteiger charge is 2.40. The van der Waals surface area contributed by atoms with Gasteiger partial charge in [-0.3, -0.25) is 0 Å². The first kappa shape index (κ1) is 21.5. The van der Waals surface area contributed by atoms with Gasteiger partial charge < -0.3 is 14.6 Å².